The molecule has 0 aromatic heterocycles. The molecule has 2 aromatic carbocycles. The van der Waals surface area contributed by atoms with Gasteiger partial charge in [-0.25, -0.2) is 0 Å². The molecule has 0 saturated heterocycles. The molecule has 0 heterocycles. The van der Waals surface area contributed by atoms with E-state index in [1.807, 2.05) is 12.1 Å². The average Bonchev–Trinajstić information content (AvgIpc) is 2.27. The lowest BCUT2D eigenvalue weighted by Crippen LogP contribution is -1.96. The third kappa shape index (κ3) is 2.33. The van der Waals surface area contributed by atoms with Crippen molar-refractivity contribution in [1.82, 2.24) is 0 Å². The molecule has 0 bridgehead atoms. The molecule has 0 unspecified atom stereocenters. The van der Waals surface area contributed by atoms with Crippen molar-refractivity contribution in [3.8, 4) is 0 Å². The number of Topliss-reactive ketones (excluding diaryl/α,β-unsaturated/α-hetero) is 1. The maximum atomic E-state index is 11.0. The fourth-order valence-electron chi connectivity index (χ4n) is 1.86. The molecular weight excluding hydrogens is 264 g/mol. The molecule has 0 N–H and O–H groups in total. The van der Waals surface area contributed by atoms with Gasteiger partial charge in [0.05, 0.1) is 0 Å². The van der Waals surface area contributed by atoms with E-state index in [4.69, 9.17) is 0 Å². The molecule has 0 amide bonds. The van der Waals surface area contributed by atoms with Crippen LogP contribution in [0.3, 0.4) is 0 Å². The van der Waals surface area contributed by atoms with Crippen LogP contribution in [0.4, 0.5) is 0 Å². The first-order valence-corrected chi connectivity index (χ1v) is 6.13. The molecule has 0 aliphatic rings. The number of hydrogen-bond donors (Lipinski definition) is 0. The molecule has 2 heteroatoms. The molecule has 0 spiro atoms. The van der Waals surface area contributed by atoms with Crippen LogP contribution in [0.5, 0.6) is 0 Å². The molecule has 0 aliphatic carbocycles. The van der Waals surface area contributed by atoms with Crippen LogP contribution in [-0.2, 0) is 11.2 Å². The van der Waals surface area contributed by atoms with Gasteiger partial charge in [-0.2, -0.15) is 0 Å². The minimum Gasteiger partial charge on any atom is -0.300 e. The van der Waals surface area contributed by atoms with Crippen LogP contribution in [0.1, 0.15) is 18.9 Å². The van der Waals surface area contributed by atoms with Crippen molar-refractivity contribution >= 4 is 32.5 Å². The maximum Gasteiger partial charge on any atom is 0.130 e. The van der Waals surface area contributed by atoms with Crippen LogP contribution in [0, 0.1) is 0 Å². The average molecular weight is 277 g/mol. The fraction of sp³-hybridized carbons (Fsp3) is 0.214. The van der Waals surface area contributed by atoms with Gasteiger partial charge in [0.25, 0.3) is 0 Å². The highest BCUT2D eigenvalue weighted by atomic mass is 79.9. The van der Waals surface area contributed by atoms with Gasteiger partial charge in [-0.3, -0.25) is 0 Å². The Kier molecular flexibility index (Phi) is 3.39. The van der Waals surface area contributed by atoms with Crippen LogP contribution in [0.2, 0.25) is 0 Å². The Labute approximate surface area is 104 Å². The van der Waals surface area contributed by atoms with E-state index in [0.717, 1.165) is 10.9 Å². The molecule has 0 saturated carbocycles. The first-order valence-electron chi connectivity index (χ1n) is 5.34. The van der Waals surface area contributed by atoms with E-state index in [1.54, 1.807) is 6.92 Å². The quantitative estimate of drug-likeness (QED) is 0.824. The van der Waals surface area contributed by atoms with Crippen molar-refractivity contribution < 1.29 is 4.79 Å². The highest BCUT2D eigenvalue weighted by Gasteiger charge is 2.06. The first-order chi connectivity index (χ1) is 7.68. The van der Waals surface area contributed by atoms with Gasteiger partial charge in [-0.05, 0) is 35.7 Å². The van der Waals surface area contributed by atoms with E-state index in [1.165, 1.54) is 16.3 Å². The van der Waals surface area contributed by atoms with E-state index in [-0.39, 0.29) is 5.78 Å². The summed E-state index contributed by atoms with van der Waals surface area (Å²) in [6.07, 6.45) is 1.41. The molecule has 16 heavy (non-hydrogen) atoms. The van der Waals surface area contributed by atoms with E-state index >= 15 is 0 Å². The van der Waals surface area contributed by atoms with Gasteiger partial charge in [-0.15, -0.1) is 0 Å². The summed E-state index contributed by atoms with van der Waals surface area (Å²) in [7, 11) is 0. The third-order valence-electron chi connectivity index (χ3n) is 2.71. The standard InChI is InChI=1S/C14H13BrO/c1-10(16)6-8-13-12-5-3-2-4-11(12)7-9-14(13)15/h2-5,7,9H,6,8H2,1H3. The Morgan fingerprint density at radius 3 is 2.69 bits per heavy atom. The first kappa shape index (κ1) is 11.3. The van der Waals surface area contributed by atoms with Gasteiger partial charge < -0.3 is 4.79 Å². The normalized spacial score (nSPS) is 10.6. The SMILES string of the molecule is CC(=O)CCc1c(Br)ccc2ccccc12. The Balaban J connectivity index is 2.48. The van der Waals surface area contributed by atoms with Gasteiger partial charge in [0.15, 0.2) is 0 Å². The molecule has 1 nitrogen and oxygen atoms in total. The second-order valence-corrected chi connectivity index (χ2v) is 4.80. The number of rotatable bonds is 3. The second kappa shape index (κ2) is 4.79. The van der Waals surface area contributed by atoms with Gasteiger partial charge in [0.1, 0.15) is 5.78 Å². The molecular formula is C14H13BrO. The summed E-state index contributed by atoms with van der Waals surface area (Å²) in [5, 5.41) is 2.46. The minimum absolute atomic E-state index is 0.236. The zero-order valence-electron chi connectivity index (χ0n) is 9.16. The highest BCUT2D eigenvalue weighted by molar-refractivity contribution is 9.10. The van der Waals surface area contributed by atoms with E-state index in [2.05, 4.69) is 40.2 Å². The van der Waals surface area contributed by atoms with Crippen molar-refractivity contribution in [3.05, 3.63) is 46.4 Å². The van der Waals surface area contributed by atoms with Gasteiger partial charge in [0.2, 0.25) is 0 Å². The summed E-state index contributed by atoms with van der Waals surface area (Å²) in [5.41, 5.74) is 1.23. The zero-order chi connectivity index (χ0) is 11.5. The Bertz CT molecular complexity index is 531. The van der Waals surface area contributed by atoms with Gasteiger partial charge >= 0.3 is 0 Å². The number of carbonyl (C=O) groups excluding carboxylic acids is 1. The lowest BCUT2D eigenvalue weighted by Gasteiger charge is -2.08. The van der Waals surface area contributed by atoms with Gasteiger partial charge in [-0.1, -0.05) is 46.3 Å². The Morgan fingerprint density at radius 1 is 1.19 bits per heavy atom. The lowest BCUT2D eigenvalue weighted by atomic mass is 10.0. The predicted molar refractivity (Wildman–Crippen MR) is 70.7 cm³/mol. The molecule has 0 atom stereocenters. The van der Waals surface area contributed by atoms with Crippen molar-refractivity contribution in [2.75, 3.05) is 0 Å². The second-order valence-electron chi connectivity index (χ2n) is 3.95. The van der Waals surface area contributed by atoms with E-state index in [0.29, 0.717) is 6.42 Å². The molecule has 0 fully saturated rings. The number of aryl methyl sites for hydroxylation is 1. The van der Waals surface area contributed by atoms with E-state index in [9.17, 15) is 4.79 Å². The largest absolute Gasteiger partial charge is 0.300 e. The van der Waals surface area contributed by atoms with Gasteiger partial charge in [0, 0.05) is 10.9 Å². The summed E-state index contributed by atoms with van der Waals surface area (Å²) < 4.78 is 1.09. The summed E-state index contributed by atoms with van der Waals surface area (Å²) in [4.78, 5) is 11.0. The molecule has 2 aromatic rings. The van der Waals surface area contributed by atoms with E-state index < -0.39 is 0 Å². The monoisotopic (exact) mass is 276 g/mol. The topological polar surface area (TPSA) is 17.1 Å². The van der Waals surface area contributed by atoms with Crippen molar-refractivity contribution in [3.63, 3.8) is 0 Å². The number of halogens is 1. The third-order valence-corrected chi connectivity index (χ3v) is 3.45. The zero-order valence-corrected chi connectivity index (χ0v) is 10.8. The van der Waals surface area contributed by atoms with Crippen LogP contribution >= 0.6 is 15.9 Å². The van der Waals surface area contributed by atoms with Crippen LogP contribution in [0.25, 0.3) is 10.8 Å². The smallest absolute Gasteiger partial charge is 0.130 e. The fourth-order valence-corrected chi connectivity index (χ4v) is 2.41. The number of hydrogen-bond acceptors (Lipinski definition) is 1. The van der Waals surface area contributed by atoms with Crippen molar-refractivity contribution in [2.45, 2.75) is 19.8 Å². The van der Waals surface area contributed by atoms with Crippen LogP contribution < -0.4 is 0 Å². The number of fused-ring (bicyclic) bond motifs is 1. The summed E-state index contributed by atoms with van der Waals surface area (Å²) in [6.45, 7) is 1.64. The summed E-state index contributed by atoms with van der Waals surface area (Å²) in [5.74, 6) is 0.236. The number of ketones is 1. The number of carbonyl (C=O) groups is 1. The minimum atomic E-state index is 0.236. The molecule has 2 rings (SSSR count). The summed E-state index contributed by atoms with van der Waals surface area (Å²) >= 11 is 3.56. The molecule has 82 valence electrons. The Morgan fingerprint density at radius 2 is 1.94 bits per heavy atom. The van der Waals surface area contributed by atoms with Crippen LogP contribution in [-0.4, -0.2) is 5.78 Å². The highest BCUT2D eigenvalue weighted by Crippen LogP contribution is 2.27. The maximum absolute atomic E-state index is 11.0. The predicted octanol–water partition coefficient (Wildman–Crippen LogP) is 4.12. The van der Waals surface area contributed by atoms with Crippen molar-refractivity contribution in [2.24, 2.45) is 0 Å². The Hall–Kier alpha value is -1.15. The van der Waals surface area contributed by atoms with Crippen molar-refractivity contribution in [1.29, 1.82) is 0 Å². The molecule has 0 aliphatic heterocycles. The lowest BCUT2D eigenvalue weighted by molar-refractivity contribution is -0.116. The summed E-state index contributed by atoms with van der Waals surface area (Å²) in [6, 6.07) is 12.4. The molecule has 0 radical (unpaired) electrons. The van der Waals surface area contributed by atoms with Crippen LogP contribution in [0.15, 0.2) is 40.9 Å². The number of benzene rings is 2.